The highest BCUT2D eigenvalue weighted by Gasteiger charge is 2.27. The predicted octanol–water partition coefficient (Wildman–Crippen LogP) is 0.139. The molecule has 0 heterocycles. The van der Waals surface area contributed by atoms with Gasteiger partial charge < -0.3 is 10.6 Å². The minimum atomic E-state index is -0.678. The second kappa shape index (κ2) is 6.25. The number of rotatable bonds is 7. The van der Waals surface area contributed by atoms with Crippen molar-refractivity contribution in [2.24, 2.45) is 0 Å². The summed E-state index contributed by atoms with van der Waals surface area (Å²) in [6.07, 6.45) is 4.69. The molecule has 5 heteroatoms. The molecule has 1 unspecified atom stereocenters. The number of ketones is 1. The second-order valence-electron chi connectivity index (χ2n) is 4.09. The van der Waals surface area contributed by atoms with Crippen LogP contribution in [-0.4, -0.2) is 30.2 Å². The molecule has 2 N–H and O–H groups in total. The number of hydrogen-bond acceptors (Lipinski definition) is 3. The number of nitrogens with one attached hydrogen (secondary N) is 2. The fourth-order valence-corrected chi connectivity index (χ4v) is 1.63. The highest BCUT2D eigenvalue weighted by Crippen LogP contribution is 2.17. The average molecular weight is 226 g/mol. The molecule has 0 aliphatic heterocycles. The third-order valence-electron chi connectivity index (χ3n) is 2.83. The van der Waals surface area contributed by atoms with Gasteiger partial charge in [0.1, 0.15) is 0 Å². The fourth-order valence-electron chi connectivity index (χ4n) is 1.63. The van der Waals surface area contributed by atoms with Crippen LogP contribution >= 0.6 is 0 Å². The molecule has 0 spiro atoms. The molecule has 1 aliphatic rings. The summed E-state index contributed by atoms with van der Waals surface area (Å²) in [7, 11) is 0. The van der Waals surface area contributed by atoms with E-state index in [0.717, 1.165) is 25.7 Å². The van der Waals surface area contributed by atoms with Gasteiger partial charge in [-0.1, -0.05) is 13.3 Å². The molecule has 5 nitrogen and oxygen atoms in total. The van der Waals surface area contributed by atoms with E-state index in [0.29, 0.717) is 12.8 Å². The van der Waals surface area contributed by atoms with Crippen LogP contribution in [0.15, 0.2) is 0 Å². The number of amides is 2. The minimum Gasteiger partial charge on any atom is -0.348 e. The molecule has 1 rings (SSSR count). The van der Waals surface area contributed by atoms with Gasteiger partial charge in [-0.25, -0.2) is 0 Å². The van der Waals surface area contributed by atoms with Crippen LogP contribution < -0.4 is 10.6 Å². The normalized spacial score (nSPS) is 17.1. The summed E-state index contributed by atoms with van der Waals surface area (Å²) in [5, 5.41) is 5.05. The van der Waals surface area contributed by atoms with Gasteiger partial charge in [0.25, 0.3) is 5.91 Å². The summed E-state index contributed by atoms with van der Waals surface area (Å²) in [5.41, 5.74) is 0. The van der Waals surface area contributed by atoms with Gasteiger partial charge in [-0.2, -0.15) is 0 Å². The Kier molecular flexibility index (Phi) is 4.95. The first-order valence-corrected chi connectivity index (χ1v) is 5.73. The van der Waals surface area contributed by atoms with Gasteiger partial charge in [-0.3, -0.25) is 14.4 Å². The van der Waals surface area contributed by atoms with Crippen LogP contribution in [0.1, 0.15) is 39.0 Å². The lowest BCUT2D eigenvalue weighted by Crippen LogP contribution is -2.49. The van der Waals surface area contributed by atoms with Gasteiger partial charge in [-0.05, 0) is 25.7 Å². The van der Waals surface area contributed by atoms with Crippen molar-refractivity contribution in [2.45, 2.75) is 51.1 Å². The third kappa shape index (κ3) is 3.32. The molecule has 16 heavy (non-hydrogen) atoms. The number of Topliss-reactive ketones (excluding diaryl/α,β-unsaturated/α-hetero) is 1. The number of carbonyl (C=O) groups excluding carboxylic acids is 3. The van der Waals surface area contributed by atoms with E-state index < -0.39 is 17.7 Å². The maximum Gasteiger partial charge on any atom is 0.289 e. The number of hydrogen-bond donors (Lipinski definition) is 2. The van der Waals surface area contributed by atoms with Gasteiger partial charge in [0.2, 0.25) is 12.2 Å². The minimum absolute atomic E-state index is 0.148. The summed E-state index contributed by atoms with van der Waals surface area (Å²) in [6, 6.07) is -0.530. The van der Waals surface area contributed by atoms with Crippen LogP contribution in [0.2, 0.25) is 0 Å². The van der Waals surface area contributed by atoms with Crippen molar-refractivity contribution in [3.63, 3.8) is 0 Å². The van der Waals surface area contributed by atoms with Crippen molar-refractivity contribution in [1.82, 2.24) is 10.6 Å². The highest BCUT2D eigenvalue weighted by atomic mass is 16.2. The van der Waals surface area contributed by atoms with E-state index in [1.165, 1.54) is 0 Å². The summed E-state index contributed by atoms with van der Waals surface area (Å²) >= 11 is 0. The number of carbonyl (C=O) groups is 3. The smallest absolute Gasteiger partial charge is 0.289 e. The van der Waals surface area contributed by atoms with E-state index in [-0.39, 0.29) is 6.04 Å². The molecule has 0 aromatic carbocycles. The van der Waals surface area contributed by atoms with Gasteiger partial charge in [0.15, 0.2) is 0 Å². The van der Waals surface area contributed by atoms with Gasteiger partial charge >= 0.3 is 0 Å². The maximum atomic E-state index is 11.7. The van der Waals surface area contributed by atoms with Crippen LogP contribution in [-0.2, 0) is 14.4 Å². The standard InChI is InChI=1S/C11H18N2O3/c1-2-4-9(12-7-14)10(15)11(16)13-8-5-3-6-8/h7-9H,2-6H2,1H3,(H,12,14)(H,13,16). The molecule has 0 aromatic rings. The van der Waals surface area contributed by atoms with E-state index in [1.54, 1.807) is 0 Å². The first kappa shape index (κ1) is 12.7. The van der Waals surface area contributed by atoms with Crippen molar-refractivity contribution in [1.29, 1.82) is 0 Å². The van der Waals surface area contributed by atoms with Crippen molar-refractivity contribution < 1.29 is 14.4 Å². The zero-order chi connectivity index (χ0) is 12.0. The Labute approximate surface area is 95.0 Å². The zero-order valence-electron chi connectivity index (χ0n) is 9.49. The first-order chi connectivity index (χ1) is 7.69. The van der Waals surface area contributed by atoms with Gasteiger partial charge in [0.05, 0.1) is 6.04 Å². The summed E-state index contributed by atoms with van der Waals surface area (Å²) in [6.45, 7) is 1.90. The molecule has 0 radical (unpaired) electrons. The van der Waals surface area contributed by atoms with E-state index in [9.17, 15) is 14.4 Å². The molecule has 1 fully saturated rings. The van der Waals surface area contributed by atoms with Crippen molar-refractivity contribution in [3.8, 4) is 0 Å². The van der Waals surface area contributed by atoms with Crippen molar-refractivity contribution in [3.05, 3.63) is 0 Å². The summed E-state index contributed by atoms with van der Waals surface area (Å²) < 4.78 is 0. The van der Waals surface area contributed by atoms with Crippen LogP contribution in [0.3, 0.4) is 0 Å². The SMILES string of the molecule is CCCC(NC=O)C(=O)C(=O)NC1CCC1. The molecule has 0 bridgehead atoms. The van der Waals surface area contributed by atoms with Crippen LogP contribution in [0.25, 0.3) is 0 Å². The monoisotopic (exact) mass is 226 g/mol. The Morgan fingerprint density at radius 1 is 1.44 bits per heavy atom. The van der Waals surface area contributed by atoms with E-state index in [4.69, 9.17) is 0 Å². The molecule has 0 saturated heterocycles. The van der Waals surface area contributed by atoms with E-state index >= 15 is 0 Å². The quantitative estimate of drug-likeness (QED) is 0.479. The molecule has 90 valence electrons. The Hall–Kier alpha value is -1.39. The van der Waals surface area contributed by atoms with Crippen LogP contribution in [0, 0.1) is 0 Å². The average Bonchev–Trinajstić information content (AvgIpc) is 2.22. The second-order valence-corrected chi connectivity index (χ2v) is 4.09. The van der Waals surface area contributed by atoms with E-state index in [2.05, 4.69) is 10.6 Å². The first-order valence-electron chi connectivity index (χ1n) is 5.73. The highest BCUT2D eigenvalue weighted by molar-refractivity contribution is 6.38. The van der Waals surface area contributed by atoms with Crippen molar-refractivity contribution >= 4 is 18.1 Å². The Morgan fingerprint density at radius 3 is 2.56 bits per heavy atom. The molecule has 1 aliphatic carbocycles. The zero-order valence-corrected chi connectivity index (χ0v) is 9.49. The summed E-state index contributed by atoms with van der Waals surface area (Å²) in [5.74, 6) is -1.11. The Bertz CT molecular complexity index is 274. The largest absolute Gasteiger partial charge is 0.348 e. The molecular weight excluding hydrogens is 208 g/mol. The molecule has 1 saturated carbocycles. The summed E-state index contributed by atoms with van der Waals surface area (Å²) in [4.78, 5) is 33.5. The van der Waals surface area contributed by atoms with Crippen molar-refractivity contribution in [2.75, 3.05) is 0 Å². The van der Waals surface area contributed by atoms with Crippen LogP contribution in [0.4, 0.5) is 0 Å². The Balaban J connectivity index is 2.44. The third-order valence-corrected chi connectivity index (χ3v) is 2.83. The maximum absolute atomic E-state index is 11.7. The molecule has 2 amide bonds. The molecule has 0 aromatic heterocycles. The lowest BCUT2D eigenvalue weighted by atomic mass is 9.93. The topological polar surface area (TPSA) is 75.3 Å². The lowest BCUT2D eigenvalue weighted by molar-refractivity contribution is -0.140. The molecular formula is C11H18N2O3. The predicted molar refractivity (Wildman–Crippen MR) is 58.7 cm³/mol. The molecule has 1 atom stereocenters. The van der Waals surface area contributed by atoms with Crippen LogP contribution in [0.5, 0.6) is 0 Å². The fraction of sp³-hybridized carbons (Fsp3) is 0.727. The van der Waals surface area contributed by atoms with Gasteiger partial charge in [-0.15, -0.1) is 0 Å². The van der Waals surface area contributed by atoms with E-state index in [1.807, 2.05) is 6.92 Å². The van der Waals surface area contributed by atoms with Gasteiger partial charge in [0, 0.05) is 6.04 Å². The lowest BCUT2D eigenvalue weighted by Gasteiger charge is -2.26. The Morgan fingerprint density at radius 2 is 2.12 bits per heavy atom.